The second kappa shape index (κ2) is 10.2. The first-order valence-electron chi connectivity index (χ1n) is 12.1. The van der Waals surface area contributed by atoms with Gasteiger partial charge in [-0.25, -0.2) is 22.4 Å². The first kappa shape index (κ1) is 32.8. The lowest BCUT2D eigenvalue weighted by atomic mass is 10.1. The van der Waals surface area contributed by atoms with E-state index in [4.69, 9.17) is 5.73 Å². The van der Waals surface area contributed by atoms with Gasteiger partial charge >= 0.3 is 33.4 Å². The number of nitrogens with two attached hydrogens (primary N) is 1. The van der Waals surface area contributed by atoms with Crippen molar-refractivity contribution in [2.24, 2.45) is 7.05 Å². The van der Waals surface area contributed by atoms with Gasteiger partial charge in [0, 0.05) is 36.0 Å². The van der Waals surface area contributed by atoms with Crippen LogP contribution in [0.2, 0.25) is 0 Å². The molecule has 0 fully saturated rings. The zero-order valence-corrected chi connectivity index (χ0v) is 24.0. The van der Waals surface area contributed by atoms with E-state index in [0.717, 1.165) is 24.4 Å². The first-order chi connectivity index (χ1) is 21.1. The molecule has 0 aliphatic carbocycles. The molecule has 0 saturated heterocycles. The molecule has 46 heavy (non-hydrogen) atoms. The Kier molecular flexibility index (Phi) is 7.27. The Morgan fingerprint density at radius 1 is 0.826 bits per heavy atom. The maximum absolute atomic E-state index is 14.6. The lowest BCUT2D eigenvalue weighted by Gasteiger charge is -2.32. The average Bonchev–Trinajstić information content (AvgIpc) is 3.55. The number of hydrogen-bond acceptors (Lipinski definition) is 9. The molecular weight excluding hydrogens is 687 g/mol. The number of rotatable bonds is 8. The molecule has 0 saturated carbocycles. The van der Waals surface area contributed by atoms with Crippen LogP contribution >= 0.6 is 0 Å². The van der Waals surface area contributed by atoms with Crippen molar-refractivity contribution >= 4 is 47.9 Å². The van der Waals surface area contributed by atoms with Crippen molar-refractivity contribution in [1.82, 2.24) is 23.7 Å². The molecule has 5 aromatic rings. The highest BCUT2D eigenvalue weighted by Gasteiger charge is 2.86. The van der Waals surface area contributed by atoms with Crippen molar-refractivity contribution in [3.05, 3.63) is 61.2 Å². The molecule has 0 unspecified atom stereocenters. The van der Waals surface area contributed by atoms with E-state index in [1.54, 1.807) is 0 Å². The van der Waals surface area contributed by atoms with Crippen molar-refractivity contribution in [1.29, 1.82) is 0 Å². The fourth-order valence-corrected chi connectivity index (χ4v) is 6.68. The minimum atomic E-state index is -7.62. The van der Waals surface area contributed by atoms with Crippen molar-refractivity contribution in [2.45, 2.75) is 28.2 Å². The molecule has 0 radical (unpaired) electrons. The van der Waals surface area contributed by atoms with E-state index >= 15 is 0 Å². The van der Waals surface area contributed by atoms with E-state index in [9.17, 15) is 56.3 Å². The highest BCUT2D eigenvalue weighted by atomic mass is 32.2. The maximum atomic E-state index is 14.6. The molecule has 4 heterocycles. The lowest BCUT2D eigenvalue weighted by molar-refractivity contribution is -0.382. The Labute approximate surface area is 251 Å². The standard InChI is InChI=1S/C24H15F9N6O5S2/c1-38-11-13(9-37-38)12-7-15-17-16(39(20(15)36-8-12)45(40,41)14-5-3-2-4-6-14)10-35-19(34)18(17)44-46(42,43)24(32,33)22(27,28)21(25,26)23(29,30)31/h2-11H,1H3,(H2,34,35). The molecule has 2 N–H and O–H groups in total. The average molecular weight is 703 g/mol. The fourth-order valence-electron chi connectivity index (χ4n) is 4.26. The summed E-state index contributed by atoms with van der Waals surface area (Å²) in [7, 11) is -10.7. The van der Waals surface area contributed by atoms with Crippen LogP contribution in [0.4, 0.5) is 45.3 Å². The molecule has 0 spiro atoms. The van der Waals surface area contributed by atoms with Gasteiger partial charge < -0.3 is 9.92 Å². The summed E-state index contributed by atoms with van der Waals surface area (Å²) < 4.78 is 181. The monoisotopic (exact) mass is 702 g/mol. The molecule has 0 atom stereocenters. The maximum Gasteiger partial charge on any atom is 0.460 e. The van der Waals surface area contributed by atoms with Crippen LogP contribution in [0.3, 0.4) is 0 Å². The Hall–Kier alpha value is -4.60. The molecule has 22 heteroatoms. The second-order valence-electron chi connectivity index (χ2n) is 9.51. The number of benzene rings is 1. The third-order valence-electron chi connectivity index (χ3n) is 6.53. The lowest BCUT2D eigenvalue weighted by Crippen LogP contribution is -2.63. The summed E-state index contributed by atoms with van der Waals surface area (Å²) in [6, 6.07) is 7.50. The molecular formula is C24H15F9N6O5S2. The van der Waals surface area contributed by atoms with Gasteiger partial charge in [-0.2, -0.15) is 53.0 Å². The summed E-state index contributed by atoms with van der Waals surface area (Å²) in [4.78, 5) is 7.17. The molecule has 0 amide bonds. The summed E-state index contributed by atoms with van der Waals surface area (Å²) in [5.41, 5.74) is 4.85. The van der Waals surface area contributed by atoms with Gasteiger partial charge in [0.1, 0.15) is 0 Å². The number of halogens is 9. The smallest absolute Gasteiger partial charge is 0.381 e. The number of alkyl halides is 9. The number of nitrogens with zero attached hydrogens (tertiary/aromatic N) is 5. The van der Waals surface area contributed by atoms with E-state index in [2.05, 4.69) is 19.2 Å². The number of aromatic nitrogens is 5. The highest BCUT2D eigenvalue weighted by Crippen LogP contribution is 2.55. The van der Waals surface area contributed by atoms with Gasteiger partial charge in [0.05, 0.1) is 28.2 Å². The van der Waals surface area contributed by atoms with Crippen LogP contribution in [-0.2, 0) is 27.2 Å². The van der Waals surface area contributed by atoms with E-state index in [-0.39, 0.29) is 10.5 Å². The van der Waals surface area contributed by atoms with E-state index in [1.165, 1.54) is 42.3 Å². The van der Waals surface area contributed by atoms with Gasteiger partial charge in [0.15, 0.2) is 17.2 Å². The summed E-state index contributed by atoms with van der Waals surface area (Å²) >= 11 is 0. The number of aryl methyl sites for hydroxylation is 1. The highest BCUT2D eigenvalue weighted by molar-refractivity contribution is 7.90. The van der Waals surface area contributed by atoms with Crippen molar-refractivity contribution in [3.63, 3.8) is 0 Å². The number of pyridine rings is 2. The predicted octanol–water partition coefficient (Wildman–Crippen LogP) is 4.94. The molecule has 1 aromatic carbocycles. The van der Waals surface area contributed by atoms with Crippen LogP contribution in [0.1, 0.15) is 0 Å². The SMILES string of the molecule is Cn1cc(-c2cnc3c(c2)c2c(OS(=O)(=O)C(F)(F)C(F)(F)C(F)(F)C(F)(F)F)c(N)ncc2n3S(=O)(=O)c2ccccc2)cn1. The van der Waals surface area contributed by atoms with Crippen LogP contribution in [0.15, 0.2) is 66.1 Å². The molecule has 0 aliphatic rings. The van der Waals surface area contributed by atoms with Crippen LogP contribution in [-0.4, -0.2) is 63.8 Å². The minimum absolute atomic E-state index is 0.141. The molecule has 0 aliphatic heterocycles. The van der Waals surface area contributed by atoms with Crippen LogP contribution in [0.5, 0.6) is 5.75 Å². The minimum Gasteiger partial charge on any atom is -0.381 e. The summed E-state index contributed by atoms with van der Waals surface area (Å²) in [5, 5.41) is -4.57. The van der Waals surface area contributed by atoms with Gasteiger partial charge in [0.25, 0.3) is 10.0 Å². The van der Waals surface area contributed by atoms with Gasteiger partial charge in [-0.15, -0.1) is 0 Å². The van der Waals surface area contributed by atoms with Gasteiger partial charge in [-0.3, -0.25) is 4.68 Å². The Morgan fingerprint density at radius 3 is 2.02 bits per heavy atom. The Morgan fingerprint density at radius 2 is 1.46 bits per heavy atom. The zero-order chi connectivity index (χ0) is 34.3. The fraction of sp³-hybridized carbons (Fsp3) is 0.208. The number of nitrogen functional groups attached to an aromatic ring is 1. The summed E-state index contributed by atoms with van der Waals surface area (Å²) in [6.45, 7) is 0. The van der Waals surface area contributed by atoms with Gasteiger partial charge in [-0.1, -0.05) is 18.2 Å². The van der Waals surface area contributed by atoms with Gasteiger partial charge in [0.2, 0.25) is 0 Å². The van der Waals surface area contributed by atoms with Crippen LogP contribution < -0.4 is 9.92 Å². The third kappa shape index (κ3) is 4.68. The predicted molar refractivity (Wildman–Crippen MR) is 141 cm³/mol. The topological polar surface area (TPSA) is 152 Å². The first-order valence-corrected chi connectivity index (χ1v) is 14.9. The van der Waals surface area contributed by atoms with E-state index in [0.29, 0.717) is 15.7 Å². The molecule has 5 rings (SSSR count). The molecule has 0 bridgehead atoms. The number of hydrogen-bond donors (Lipinski definition) is 1. The quantitative estimate of drug-likeness (QED) is 0.175. The van der Waals surface area contributed by atoms with Crippen molar-refractivity contribution < 1.29 is 60.5 Å². The Balaban J connectivity index is 1.82. The third-order valence-corrected chi connectivity index (χ3v) is 9.52. The normalized spacial score (nSPS) is 13.9. The zero-order valence-electron chi connectivity index (χ0n) is 22.3. The second-order valence-corrected chi connectivity index (χ2v) is 12.9. The molecule has 246 valence electrons. The van der Waals surface area contributed by atoms with Crippen molar-refractivity contribution in [2.75, 3.05) is 5.73 Å². The number of anilines is 1. The number of fused-ring (bicyclic) bond motifs is 3. The van der Waals surface area contributed by atoms with Crippen LogP contribution in [0.25, 0.3) is 33.1 Å². The van der Waals surface area contributed by atoms with Gasteiger partial charge in [-0.05, 0) is 18.2 Å². The summed E-state index contributed by atoms with van der Waals surface area (Å²) in [6.07, 6.45) is -2.74. The summed E-state index contributed by atoms with van der Waals surface area (Å²) in [5.74, 6) is -18.0. The largest absolute Gasteiger partial charge is 0.460 e. The van der Waals surface area contributed by atoms with Crippen molar-refractivity contribution in [3.8, 4) is 16.9 Å². The van der Waals surface area contributed by atoms with E-state index < -0.39 is 76.9 Å². The van der Waals surface area contributed by atoms with E-state index in [1.807, 2.05) is 0 Å². The van der Waals surface area contributed by atoms with Crippen LogP contribution in [0, 0.1) is 0 Å². The Bertz CT molecular complexity index is 2220. The molecule has 11 nitrogen and oxygen atoms in total. The molecule has 4 aromatic heterocycles.